The average molecular weight is 252 g/mol. The molecule has 0 bridgehead atoms. The third-order valence-electron chi connectivity index (χ3n) is 0.908. The van der Waals surface area contributed by atoms with Crippen LogP contribution in [0.25, 0.3) is 0 Å². The van der Waals surface area contributed by atoms with E-state index in [-0.39, 0.29) is 0 Å². The Morgan fingerprint density at radius 3 is 1.13 bits per heavy atom. The number of rotatable bonds is 6. The molecule has 0 aliphatic carbocycles. The van der Waals surface area contributed by atoms with E-state index in [9.17, 15) is 17.6 Å². The molecule has 0 aliphatic rings. The predicted molar refractivity (Wildman–Crippen MR) is 49.2 cm³/mol. The first-order chi connectivity index (χ1) is 6.85. The van der Waals surface area contributed by atoms with Crippen LogP contribution in [0, 0.1) is 0 Å². The van der Waals surface area contributed by atoms with Gasteiger partial charge in [0, 0.05) is 19.8 Å². The van der Waals surface area contributed by atoms with Gasteiger partial charge in [-0.25, -0.2) is 0 Å². The molecule has 0 heterocycles. The fraction of sp³-hybridized carbons (Fsp3) is 1.00. The maximum atomic E-state index is 9.69. The largest absolute Gasteiger partial charge is 0.559 e. The number of hydrogen-bond acceptors (Lipinski definition) is 3. The van der Waals surface area contributed by atoms with E-state index in [4.69, 9.17) is 13.3 Å². The van der Waals surface area contributed by atoms with Crippen molar-refractivity contribution in [2.45, 2.75) is 27.2 Å². The Labute approximate surface area is 88.3 Å². The zero-order valence-electron chi connectivity index (χ0n) is 8.94. The van der Waals surface area contributed by atoms with Gasteiger partial charge in [-0.15, -0.1) is 17.6 Å². The third-order valence-corrected chi connectivity index (χ3v) is 2.72. The van der Waals surface area contributed by atoms with Crippen molar-refractivity contribution in [1.29, 1.82) is 0 Å². The van der Waals surface area contributed by atoms with Gasteiger partial charge in [0.25, 0.3) is 0 Å². The van der Waals surface area contributed by atoms with Crippen LogP contribution in [0.15, 0.2) is 0 Å². The van der Waals surface area contributed by atoms with E-state index in [0.717, 1.165) is 0 Å². The molecule has 8 heteroatoms. The summed E-state index contributed by atoms with van der Waals surface area (Å²) in [6, 6.07) is 0. The minimum absolute atomic E-state index is 0.677. The predicted octanol–water partition coefficient (Wildman–Crippen LogP) is 2.29. The minimum atomic E-state index is -5.50. The quantitative estimate of drug-likeness (QED) is 0.536. The molecule has 0 aromatic heterocycles. The maximum Gasteiger partial charge on any atom is 0.559 e. The average Bonchev–Trinajstić information content (AvgIpc) is 2.02. The Balaban J connectivity index is 0. The van der Waals surface area contributed by atoms with Crippen LogP contribution in [0.2, 0.25) is 0 Å². The van der Waals surface area contributed by atoms with Gasteiger partial charge in [-0.2, -0.15) is 0 Å². The lowest BCUT2D eigenvalue weighted by Crippen LogP contribution is -2.27. The van der Waals surface area contributed by atoms with Gasteiger partial charge in [0.2, 0.25) is 0 Å². The second kappa shape index (κ2) is 10.3. The Morgan fingerprint density at radius 2 is 1.00 bits per heavy atom. The highest BCUT2D eigenvalue weighted by molar-refractivity contribution is 6.36. The van der Waals surface area contributed by atoms with E-state index in [2.05, 4.69) is 0 Å². The highest BCUT2D eigenvalue weighted by atomic mass is 28.3. The summed E-state index contributed by atoms with van der Waals surface area (Å²) >= 11 is 0. The van der Waals surface area contributed by atoms with Gasteiger partial charge in [-0.3, -0.25) is 0 Å². The third kappa shape index (κ3) is 24.8. The van der Waals surface area contributed by atoms with Gasteiger partial charge in [0.15, 0.2) is 0 Å². The van der Waals surface area contributed by atoms with Crippen LogP contribution in [0.1, 0.15) is 20.8 Å². The zero-order valence-corrected chi connectivity index (χ0v) is 10.1. The highest BCUT2D eigenvalue weighted by Gasteiger charge is 2.24. The molecule has 0 fully saturated rings. The van der Waals surface area contributed by atoms with E-state index >= 15 is 0 Å². The second-order valence-electron chi connectivity index (χ2n) is 2.08. The summed E-state index contributed by atoms with van der Waals surface area (Å²) in [7, 11) is -1.73. The summed E-state index contributed by atoms with van der Waals surface area (Å²) < 4.78 is 54.4. The van der Waals surface area contributed by atoms with Crippen molar-refractivity contribution in [3.8, 4) is 0 Å². The number of alkyl halides is 4. The van der Waals surface area contributed by atoms with Crippen molar-refractivity contribution >= 4 is 9.53 Å². The molecule has 0 spiro atoms. The molecule has 0 amide bonds. The standard InChI is InChI=1S/C6H16O3Si.CF4/c1-4-7-10(8-5-2)9-6-3;2-1(3,4)5/h10H,4-6H2,1-3H3;. The summed E-state index contributed by atoms with van der Waals surface area (Å²) in [6.45, 7) is 7.86. The van der Waals surface area contributed by atoms with Gasteiger partial charge < -0.3 is 13.3 Å². The lowest BCUT2D eigenvalue weighted by atomic mass is 10.9. The Bertz CT molecular complexity index is 114. The molecule has 0 unspecified atom stereocenters. The smallest absolute Gasteiger partial charge is 0.376 e. The van der Waals surface area contributed by atoms with E-state index in [1.165, 1.54) is 0 Å². The van der Waals surface area contributed by atoms with E-state index in [1.807, 2.05) is 20.8 Å². The highest BCUT2D eigenvalue weighted by Crippen LogP contribution is 2.13. The van der Waals surface area contributed by atoms with Crippen molar-refractivity contribution in [3.05, 3.63) is 0 Å². The molecular formula is C7H16F4O3Si. The van der Waals surface area contributed by atoms with Crippen LogP contribution in [0.3, 0.4) is 0 Å². The van der Waals surface area contributed by atoms with Crippen LogP contribution >= 0.6 is 0 Å². The van der Waals surface area contributed by atoms with Crippen LogP contribution < -0.4 is 0 Å². The lowest BCUT2D eigenvalue weighted by molar-refractivity contribution is -0.237. The van der Waals surface area contributed by atoms with Crippen molar-refractivity contribution in [2.75, 3.05) is 19.8 Å². The normalized spacial score (nSPS) is 11.2. The summed E-state index contributed by atoms with van der Waals surface area (Å²) in [5.74, 6) is 0. The van der Waals surface area contributed by atoms with Crippen molar-refractivity contribution in [1.82, 2.24) is 0 Å². The molecule has 0 atom stereocenters. The fourth-order valence-electron chi connectivity index (χ4n) is 0.553. The molecule has 0 aromatic carbocycles. The molecule has 0 radical (unpaired) electrons. The number of halogens is 4. The SMILES string of the molecule is CCO[SiH](OCC)OCC.FC(F)(F)F. The van der Waals surface area contributed by atoms with Crippen LogP contribution in [-0.2, 0) is 13.3 Å². The number of hydrogen-bond donors (Lipinski definition) is 0. The fourth-order valence-corrected chi connectivity index (χ4v) is 1.66. The van der Waals surface area contributed by atoms with Gasteiger partial charge in [-0.05, 0) is 20.8 Å². The van der Waals surface area contributed by atoms with Crippen LogP contribution in [-0.4, -0.2) is 35.8 Å². The molecule has 94 valence electrons. The van der Waals surface area contributed by atoms with Gasteiger partial charge >= 0.3 is 16.0 Å². The molecule has 0 aromatic rings. The van der Waals surface area contributed by atoms with Gasteiger partial charge in [0.1, 0.15) is 0 Å². The first-order valence-electron chi connectivity index (χ1n) is 4.45. The zero-order chi connectivity index (χ0) is 12.3. The molecule has 0 aliphatic heterocycles. The van der Waals surface area contributed by atoms with Crippen molar-refractivity contribution in [2.24, 2.45) is 0 Å². The van der Waals surface area contributed by atoms with Gasteiger partial charge in [-0.1, -0.05) is 0 Å². The van der Waals surface area contributed by atoms with E-state index in [0.29, 0.717) is 19.8 Å². The molecule has 0 N–H and O–H groups in total. The summed E-state index contributed by atoms with van der Waals surface area (Å²) in [5.41, 5.74) is 0. The van der Waals surface area contributed by atoms with E-state index < -0.39 is 16.0 Å². The first kappa shape index (κ1) is 17.2. The van der Waals surface area contributed by atoms with Crippen LogP contribution in [0.4, 0.5) is 17.6 Å². The lowest BCUT2D eigenvalue weighted by Gasteiger charge is -2.12. The first-order valence-corrected chi connectivity index (χ1v) is 5.86. The van der Waals surface area contributed by atoms with Crippen molar-refractivity contribution < 1.29 is 30.8 Å². The Morgan fingerprint density at radius 1 is 0.800 bits per heavy atom. The molecule has 0 saturated carbocycles. The summed E-state index contributed by atoms with van der Waals surface area (Å²) in [5, 5.41) is 0. The Hall–Kier alpha value is -0.183. The molecule has 15 heavy (non-hydrogen) atoms. The summed E-state index contributed by atoms with van der Waals surface area (Å²) in [4.78, 5) is 0. The molecule has 0 rings (SSSR count). The topological polar surface area (TPSA) is 27.7 Å². The molecule has 3 nitrogen and oxygen atoms in total. The Kier molecular flexibility index (Phi) is 11.9. The van der Waals surface area contributed by atoms with Crippen molar-refractivity contribution in [3.63, 3.8) is 0 Å². The second-order valence-corrected chi connectivity index (χ2v) is 3.66. The monoisotopic (exact) mass is 252 g/mol. The molecular weight excluding hydrogens is 236 g/mol. The molecule has 0 saturated heterocycles. The van der Waals surface area contributed by atoms with Gasteiger partial charge in [0.05, 0.1) is 0 Å². The van der Waals surface area contributed by atoms with Crippen LogP contribution in [0.5, 0.6) is 0 Å². The minimum Gasteiger partial charge on any atom is -0.376 e. The maximum absolute atomic E-state index is 9.69. The van der Waals surface area contributed by atoms with E-state index in [1.54, 1.807) is 0 Å². The summed E-state index contributed by atoms with van der Waals surface area (Å²) in [6.07, 6.45) is -5.50.